The lowest BCUT2D eigenvalue weighted by molar-refractivity contribution is 0.0533. The molecule has 0 radical (unpaired) electrons. The predicted octanol–water partition coefficient (Wildman–Crippen LogP) is 4.25. The Morgan fingerprint density at radius 2 is 1.90 bits per heavy atom. The minimum absolute atomic E-state index is 0.325. The van der Waals surface area contributed by atoms with Gasteiger partial charge < -0.3 is 10.1 Å². The number of H-pyrrole nitrogens is 1. The molecule has 3 aromatic heterocycles. The number of aliphatic hydroxyl groups is 1. The average Bonchev–Trinajstić information content (AvgIpc) is 3.38. The Kier molecular flexibility index (Phi) is 3.92. The van der Waals surface area contributed by atoms with Crippen LogP contribution in [0.25, 0.3) is 27.5 Å². The molecule has 29 heavy (non-hydrogen) atoms. The van der Waals surface area contributed by atoms with Gasteiger partial charge in [0.15, 0.2) is 0 Å². The summed E-state index contributed by atoms with van der Waals surface area (Å²) in [6, 6.07) is 12.9. The van der Waals surface area contributed by atoms with Crippen LogP contribution in [0.3, 0.4) is 0 Å². The highest BCUT2D eigenvalue weighted by Gasteiger charge is 2.34. The van der Waals surface area contributed by atoms with Crippen LogP contribution >= 0.6 is 0 Å². The molecule has 3 heterocycles. The van der Waals surface area contributed by atoms with E-state index in [0.717, 1.165) is 16.4 Å². The molecule has 144 valence electrons. The van der Waals surface area contributed by atoms with E-state index < -0.39 is 12.3 Å². The van der Waals surface area contributed by atoms with E-state index in [1.54, 1.807) is 65.9 Å². The monoisotopic (exact) mass is 390 g/mol. The van der Waals surface area contributed by atoms with Crippen LogP contribution in [-0.4, -0.2) is 31.5 Å². The molecule has 0 saturated carbocycles. The quantitative estimate of drug-likeness (QED) is 0.482. The van der Waals surface area contributed by atoms with E-state index in [1.165, 1.54) is 12.1 Å². The number of hydrogen-bond acceptors (Lipinski definition) is 3. The lowest BCUT2D eigenvalue weighted by Gasteiger charge is -2.25. The van der Waals surface area contributed by atoms with Gasteiger partial charge in [-0.1, -0.05) is 6.07 Å². The molecule has 5 rings (SSSR count). The van der Waals surface area contributed by atoms with Crippen molar-refractivity contribution in [2.24, 2.45) is 0 Å². The number of nitrogens with zero attached hydrogens (tertiary/aromatic N) is 3. The van der Waals surface area contributed by atoms with Crippen molar-refractivity contribution < 1.29 is 13.9 Å². The molecule has 0 fully saturated rings. The molecule has 0 amide bonds. The lowest BCUT2D eigenvalue weighted by atomic mass is 9.87. The van der Waals surface area contributed by atoms with Crippen LogP contribution in [0.2, 0.25) is 0 Å². The maximum absolute atomic E-state index is 14.2. The molecule has 1 unspecified atom stereocenters. The normalized spacial score (nSPS) is 13.8. The summed E-state index contributed by atoms with van der Waals surface area (Å²) in [7, 11) is 0. The van der Waals surface area contributed by atoms with Gasteiger partial charge in [0.1, 0.15) is 18.1 Å². The second-order valence-electron chi connectivity index (χ2n) is 6.92. The molecule has 0 aliphatic heterocycles. The Balaban J connectivity index is 1.63. The highest BCUT2D eigenvalue weighted by Crippen LogP contribution is 2.36. The summed E-state index contributed by atoms with van der Waals surface area (Å²) in [6.07, 6.45) is 6.48. The molecule has 1 atom stereocenters. The number of alkyl halides is 1. The van der Waals surface area contributed by atoms with E-state index in [2.05, 4.69) is 15.1 Å². The van der Waals surface area contributed by atoms with Crippen molar-refractivity contribution in [3.8, 4) is 5.69 Å². The van der Waals surface area contributed by atoms with Gasteiger partial charge in [-0.3, -0.25) is 4.98 Å². The minimum Gasteiger partial charge on any atom is -0.378 e. The van der Waals surface area contributed by atoms with Crippen LogP contribution in [0.4, 0.5) is 8.78 Å². The summed E-state index contributed by atoms with van der Waals surface area (Å²) in [5.74, 6) is -0.325. The van der Waals surface area contributed by atoms with Crippen LogP contribution in [0.5, 0.6) is 0 Å². The van der Waals surface area contributed by atoms with Gasteiger partial charge in [-0.25, -0.2) is 13.5 Å². The third-order valence-corrected chi connectivity index (χ3v) is 5.24. The highest BCUT2D eigenvalue weighted by molar-refractivity contribution is 5.85. The van der Waals surface area contributed by atoms with Gasteiger partial charge in [-0.05, 0) is 48.0 Å². The molecular weight excluding hydrogens is 374 g/mol. The first kappa shape index (κ1) is 17.5. The van der Waals surface area contributed by atoms with Gasteiger partial charge >= 0.3 is 0 Å². The number of aromatic amines is 1. The lowest BCUT2D eigenvalue weighted by Crippen LogP contribution is -2.29. The van der Waals surface area contributed by atoms with E-state index in [1.807, 2.05) is 0 Å². The van der Waals surface area contributed by atoms with Crippen molar-refractivity contribution in [2.75, 3.05) is 6.67 Å². The molecule has 0 saturated heterocycles. The molecule has 0 bridgehead atoms. The Morgan fingerprint density at radius 1 is 1.07 bits per heavy atom. The fraction of sp³-hybridized carbons (Fsp3) is 0.0909. The van der Waals surface area contributed by atoms with Gasteiger partial charge in [0.2, 0.25) is 0 Å². The average molecular weight is 390 g/mol. The maximum Gasteiger partial charge on any atom is 0.145 e. The number of nitrogens with one attached hydrogen (secondary N) is 1. The standard InChI is InChI=1S/C22H16F2N4O/c23-13-22(29,19-12-26-20-7-8-25-11-18(19)20)15-1-6-21-14(9-15)10-27-28(21)17-4-2-16(24)3-5-17/h1-12,26,29H,13H2. The third-order valence-electron chi connectivity index (χ3n) is 5.24. The first-order valence-electron chi connectivity index (χ1n) is 9.04. The SMILES string of the molecule is OC(CF)(c1ccc2c(cnn2-c2ccc(F)cc2)c1)c1c[nH]c2ccncc12. The number of benzene rings is 2. The second-order valence-corrected chi connectivity index (χ2v) is 6.92. The number of fused-ring (bicyclic) bond motifs is 2. The summed E-state index contributed by atoms with van der Waals surface area (Å²) in [4.78, 5) is 7.14. The number of hydrogen-bond donors (Lipinski definition) is 2. The molecule has 2 aromatic carbocycles. The molecule has 0 spiro atoms. The van der Waals surface area contributed by atoms with Crippen molar-refractivity contribution in [1.82, 2.24) is 19.7 Å². The van der Waals surface area contributed by atoms with Crippen LogP contribution in [0, 0.1) is 5.82 Å². The summed E-state index contributed by atoms with van der Waals surface area (Å²) in [6.45, 7) is -0.994. The fourth-order valence-corrected chi connectivity index (χ4v) is 3.69. The summed E-state index contributed by atoms with van der Waals surface area (Å²) in [5.41, 5.74) is 1.25. The zero-order valence-electron chi connectivity index (χ0n) is 15.2. The van der Waals surface area contributed by atoms with Crippen LogP contribution in [-0.2, 0) is 5.60 Å². The van der Waals surface area contributed by atoms with Gasteiger partial charge in [-0.2, -0.15) is 5.10 Å². The number of pyridine rings is 1. The third kappa shape index (κ3) is 2.70. The molecule has 7 heteroatoms. The number of aromatic nitrogens is 4. The van der Waals surface area contributed by atoms with Gasteiger partial charge in [-0.15, -0.1) is 0 Å². The molecule has 0 aliphatic rings. The second kappa shape index (κ2) is 6.49. The zero-order chi connectivity index (χ0) is 20.0. The van der Waals surface area contributed by atoms with Crippen LogP contribution in [0.15, 0.2) is 73.3 Å². The first-order valence-corrected chi connectivity index (χ1v) is 9.04. The Hall–Kier alpha value is -3.58. The van der Waals surface area contributed by atoms with Crippen molar-refractivity contribution >= 4 is 21.8 Å². The van der Waals surface area contributed by atoms with E-state index in [9.17, 15) is 13.9 Å². The zero-order valence-corrected chi connectivity index (χ0v) is 15.2. The number of rotatable bonds is 4. The minimum atomic E-state index is -1.83. The largest absolute Gasteiger partial charge is 0.378 e. The molecular formula is C22H16F2N4O. The van der Waals surface area contributed by atoms with Gasteiger partial charge in [0, 0.05) is 40.4 Å². The Morgan fingerprint density at radius 3 is 2.69 bits per heavy atom. The maximum atomic E-state index is 14.2. The predicted molar refractivity (Wildman–Crippen MR) is 106 cm³/mol. The highest BCUT2D eigenvalue weighted by atomic mass is 19.1. The topological polar surface area (TPSA) is 66.7 Å². The van der Waals surface area contributed by atoms with E-state index >= 15 is 0 Å². The van der Waals surface area contributed by atoms with Gasteiger partial charge in [0.05, 0.1) is 17.4 Å². The number of halogens is 2. The Bertz CT molecular complexity index is 1330. The van der Waals surface area contributed by atoms with Crippen molar-refractivity contribution in [3.63, 3.8) is 0 Å². The summed E-state index contributed by atoms with van der Waals surface area (Å²) in [5, 5.41) is 17.0. The summed E-state index contributed by atoms with van der Waals surface area (Å²) >= 11 is 0. The van der Waals surface area contributed by atoms with E-state index in [0.29, 0.717) is 22.2 Å². The molecule has 0 aliphatic carbocycles. The Labute approximate surface area is 164 Å². The first-order chi connectivity index (χ1) is 14.1. The molecule has 5 nitrogen and oxygen atoms in total. The smallest absolute Gasteiger partial charge is 0.145 e. The van der Waals surface area contributed by atoms with E-state index in [4.69, 9.17) is 0 Å². The molecule has 2 N–H and O–H groups in total. The fourth-order valence-electron chi connectivity index (χ4n) is 3.69. The van der Waals surface area contributed by atoms with Crippen molar-refractivity contribution in [1.29, 1.82) is 0 Å². The summed E-state index contributed by atoms with van der Waals surface area (Å²) < 4.78 is 29.1. The van der Waals surface area contributed by atoms with Crippen LogP contribution < -0.4 is 0 Å². The van der Waals surface area contributed by atoms with E-state index in [-0.39, 0.29) is 5.82 Å². The van der Waals surface area contributed by atoms with Crippen LogP contribution in [0.1, 0.15) is 11.1 Å². The van der Waals surface area contributed by atoms with Crippen molar-refractivity contribution in [3.05, 3.63) is 90.3 Å². The van der Waals surface area contributed by atoms with Gasteiger partial charge in [0.25, 0.3) is 0 Å². The molecule has 5 aromatic rings. The van der Waals surface area contributed by atoms with Crippen molar-refractivity contribution in [2.45, 2.75) is 5.60 Å².